The fourth-order valence-corrected chi connectivity index (χ4v) is 3.47. The van der Waals surface area contributed by atoms with E-state index in [1.807, 2.05) is 0 Å². The van der Waals surface area contributed by atoms with E-state index < -0.39 is 36.1 Å². The van der Waals surface area contributed by atoms with Crippen molar-refractivity contribution in [3.8, 4) is 0 Å². The molecule has 0 spiro atoms. The van der Waals surface area contributed by atoms with Crippen LogP contribution in [0.2, 0.25) is 0 Å². The summed E-state index contributed by atoms with van der Waals surface area (Å²) >= 11 is 0. The average Bonchev–Trinajstić information content (AvgIpc) is 3.18. The fraction of sp³-hybridized carbons (Fsp3) is 0.318. The third kappa shape index (κ3) is 4.25. The van der Waals surface area contributed by atoms with Gasteiger partial charge in [0.05, 0.1) is 35.4 Å². The lowest BCUT2D eigenvalue weighted by Gasteiger charge is -2.13. The molecule has 1 N–H and O–H groups in total. The van der Waals surface area contributed by atoms with Crippen molar-refractivity contribution in [2.45, 2.75) is 27.2 Å². The number of benzene rings is 1. The van der Waals surface area contributed by atoms with Gasteiger partial charge < -0.3 is 14.5 Å². The molecule has 1 aromatic carbocycles. The molecular formula is C22H22N2O7. The second kappa shape index (κ2) is 8.95. The number of ether oxygens (including phenoxy) is 2. The van der Waals surface area contributed by atoms with Crippen molar-refractivity contribution >= 4 is 29.5 Å². The molecule has 0 saturated heterocycles. The van der Waals surface area contributed by atoms with Gasteiger partial charge >= 0.3 is 11.9 Å². The molecule has 1 aliphatic rings. The number of imide groups is 1. The smallest absolute Gasteiger partial charge is 0.340 e. The van der Waals surface area contributed by atoms with Crippen LogP contribution in [0.15, 0.2) is 24.3 Å². The first-order chi connectivity index (χ1) is 14.8. The van der Waals surface area contributed by atoms with Crippen LogP contribution in [-0.2, 0) is 14.3 Å². The maximum absolute atomic E-state index is 12.5. The van der Waals surface area contributed by atoms with E-state index in [1.165, 1.54) is 0 Å². The second-order valence-corrected chi connectivity index (χ2v) is 6.99. The summed E-state index contributed by atoms with van der Waals surface area (Å²) in [4.78, 5) is 65.0. The molecule has 0 radical (unpaired) electrons. The molecule has 0 saturated carbocycles. The molecule has 2 aromatic rings. The summed E-state index contributed by atoms with van der Waals surface area (Å²) in [6.45, 7) is 4.45. The Hall–Kier alpha value is -3.75. The highest BCUT2D eigenvalue weighted by atomic mass is 16.5. The maximum atomic E-state index is 12.5. The number of nitrogens with zero attached hydrogens (tertiary/aromatic N) is 1. The van der Waals surface area contributed by atoms with Crippen LogP contribution in [0.3, 0.4) is 0 Å². The number of esters is 2. The van der Waals surface area contributed by atoms with Gasteiger partial charge in [0, 0.05) is 12.2 Å². The number of carbonyl (C=O) groups is 5. The highest BCUT2D eigenvalue weighted by Crippen LogP contribution is 2.23. The number of nitrogens with one attached hydrogen (secondary N) is 1. The van der Waals surface area contributed by atoms with Gasteiger partial charge in [-0.25, -0.2) is 4.79 Å². The standard InChI is InChI=1S/C22H22N2O7/c1-4-30-22(29)18-12(2)19(23-13(18)3)16(25)11-31-17(26)9-10-24-20(27)14-7-5-6-8-15(14)21(24)28/h5-8,23H,4,9-11H2,1-3H3. The molecule has 1 aliphatic heterocycles. The first kappa shape index (κ1) is 21.9. The van der Waals surface area contributed by atoms with Gasteiger partial charge in [-0.05, 0) is 38.5 Å². The van der Waals surface area contributed by atoms with Crippen LogP contribution in [0, 0.1) is 13.8 Å². The van der Waals surface area contributed by atoms with Crippen molar-refractivity contribution in [1.82, 2.24) is 9.88 Å². The lowest BCUT2D eigenvalue weighted by atomic mass is 10.1. The summed E-state index contributed by atoms with van der Waals surface area (Å²) in [7, 11) is 0. The van der Waals surface area contributed by atoms with Gasteiger partial charge in [-0.15, -0.1) is 0 Å². The number of ketones is 1. The lowest BCUT2D eigenvalue weighted by molar-refractivity contribution is -0.142. The Morgan fingerprint density at radius 3 is 2.19 bits per heavy atom. The molecule has 2 heterocycles. The zero-order valence-corrected chi connectivity index (χ0v) is 17.4. The van der Waals surface area contributed by atoms with Crippen molar-refractivity contribution in [2.24, 2.45) is 0 Å². The molecule has 0 unspecified atom stereocenters. The number of Topliss-reactive ketones (excluding diaryl/α,β-unsaturated/α-hetero) is 1. The zero-order valence-electron chi connectivity index (χ0n) is 17.4. The number of aromatic nitrogens is 1. The molecule has 3 rings (SSSR count). The Kier molecular flexibility index (Phi) is 6.33. The van der Waals surface area contributed by atoms with Crippen molar-refractivity contribution in [3.63, 3.8) is 0 Å². The molecular weight excluding hydrogens is 404 g/mol. The van der Waals surface area contributed by atoms with Gasteiger partial charge in [-0.1, -0.05) is 12.1 Å². The largest absolute Gasteiger partial charge is 0.462 e. The van der Waals surface area contributed by atoms with E-state index in [1.54, 1.807) is 45.0 Å². The van der Waals surface area contributed by atoms with Crippen LogP contribution >= 0.6 is 0 Å². The van der Waals surface area contributed by atoms with Crippen LogP contribution in [-0.4, -0.2) is 59.2 Å². The number of fused-ring (bicyclic) bond motifs is 1. The van der Waals surface area contributed by atoms with E-state index in [0.29, 0.717) is 22.4 Å². The molecule has 9 heteroatoms. The van der Waals surface area contributed by atoms with Crippen LogP contribution in [0.25, 0.3) is 0 Å². The Labute approximate surface area is 178 Å². The minimum absolute atomic E-state index is 0.146. The number of aromatic amines is 1. The molecule has 0 fully saturated rings. The normalized spacial score (nSPS) is 12.7. The van der Waals surface area contributed by atoms with E-state index >= 15 is 0 Å². The number of amides is 2. The van der Waals surface area contributed by atoms with Crippen molar-refractivity contribution in [1.29, 1.82) is 0 Å². The Bertz CT molecular complexity index is 1050. The van der Waals surface area contributed by atoms with Gasteiger partial charge in [0.1, 0.15) is 0 Å². The number of aryl methyl sites for hydroxylation is 1. The fourth-order valence-electron chi connectivity index (χ4n) is 3.47. The molecule has 31 heavy (non-hydrogen) atoms. The second-order valence-electron chi connectivity index (χ2n) is 6.99. The highest BCUT2D eigenvalue weighted by molar-refractivity contribution is 6.21. The summed E-state index contributed by atoms with van der Waals surface area (Å²) in [5, 5.41) is 0. The lowest BCUT2D eigenvalue weighted by Crippen LogP contribution is -2.32. The van der Waals surface area contributed by atoms with Crippen molar-refractivity contribution < 1.29 is 33.4 Å². The van der Waals surface area contributed by atoms with Gasteiger partial charge in [-0.3, -0.25) is 24.1 Å². The SMILES string of the molecule is CCOC(=O)c1c(C)[nH]c(C(=O)COC(=O)CCN2C(=O)c3ccccc3C2=O)c1C. The summed E-state index contributed by atoms with van der Waals surface area (Å²) in [5.74, 6) is -2.70. The third-order valence-electron chi connectivity index (χ3n) is 4.98. The number of hydrogen-bond donors (Lipinski definition) is 1. The predicted molar refractivity (Wildman–Crippen MR) is 108 cm³/mol. The predicted octanol–water partition coefficient (Wildman–Crippen LogP) is 2.22. The number of carbonyl (C=O) groups excluding carboxylic acids is 5. The number of H-pyrrole nitrogens is 1. The third-order valence-corrected chi connectivity index (χ3v) is 4.98. The molecule has 2 amide bonds. The quantitative estimate of drug-likeness (QED) is 0.390. The Balaban J connectivity index is 1.56. The highest BCUT2D eigenvalue weighted by Gasteiger charge is 2.35. The van der Waals surface area contributed by atoms with Gasteiger partial charge in [0.25, 0.3) is 11.8 Å². The van der Waals surface area contributed by atoms with E-state index in [2.05, 4.69) is 4.98 Å². The molecule has 162 valence electrons. The summed E-state index contributed by atoms with van der Waals surface area (Å²) in [6.07, 6.45) is -0.241. The van der Waals surface area contributed by atoms with E-state index in [4.69, 9.17) is 9.47 Å². The zero-order chi connectivity index (χ0) is 22.7. The van der Waals surface area contributed by atoms with Crippen LogP contribution in [0.1, 0.15) is 66.2 Å². The molecule has 0 bridgehead atoms. The van der Waals surface area contributed by atoms with E-state index in [-0.39, 0.29) is 30.8 Å². The van der Waals surface area contributed by atoms with Crippen molar-refractivity contribution in [3.05, 3.63) is 57.9 Å². The number of hydrogen-bond acceptors (Lipinski definition) is 7. The van der Waals surface area contributed by atoms with Gasteiger partial charge in [0.15, 0.2) is 6.61 Å². The number of rotatable bonds is 8. The summed E-state index contributed by atoms with van der Waals surface area (Å²) < 4.78 is 9.99. The monoisotopic (exact) mass is 426 g/mol. The minimum atomic E-state index is -0.726. The summed E-state index contributed by atoms with van der Waals surface area (Å²) in [5.41, 5.74) is 1.94. The minimum Gasteiger partial charge on any atom is -0.462 e. The molecule has 0 atom stereocenters. The van der Waals surface area contributed by atoms with E-state index in [9.17, 15) is 24.0 Å². The van der Waals surface area contributed by atoms with Gasteiger partial charge in [-0.2, -0.15) is 0 Å². The van der Waals surface area contributed by atoms with Crippen LogP contribution < -0.4 is 0 Å². The van der Waals surface area contributed by atoms with Crippen LogP contribution in [0.4, 0.5) is 0 Å². The maximum Gasteiger partial charge on any atom is 0.340 e. The summed E-state index contributed by atoms with van der Waals surface area (Å²) in [6, 6.07) is 6.42. The molecule has 1 aromatic heterocycles. The Morgan fingerprint density at radius 1 is 1.00 bits per heavy atom. The first-order valence-corrected chi connectivity index (χ1v) is 9.76. The Morgan fingerprint density at radius 2 is 1.61 bits per heavy atom. The first-order valence-electron chi connectivity index (χ1n) is 9.76. The topological polar surface area (TPSA) is 123 Å². The van der Waals surface area contributed by atoms with Gasteiger partial charge in [0.2, 0.25) is 5.78 Å². The van der Waals surface area contributed by atoms with Crippen LogP contribution in [0.5, 0.6) is 0 Å². The van der Waals surface area contributed by atoms with E-state index in [0.717, 1.165) is 4.90 Å². The average molecular weight is 426 g/mol. The molecule has 0 aliphatic carbocycles. The molecule has 9 nitrogen and oxygen atoms in total. The van der Waals surface area contributed by atoms with Crippen molar-refractivity contribution in [2.75, 3.05) is 19.8 Å².